The third-order valence-electron chi connectivity index (χ3n) is 3.74. The van der Waals surface area contributed by atoms with E-state index < -0.39 is 0 Å². The molecule has 110 valence electrons. The first kappa shape index (κ1) is 13.7. The first-order chi connectivity index (χ1) is 10.2. The van der Waals surface area contributed by atoms with Crippen molar-refractivity contribution in [3.63, 3.8) is 0 Å². The molecule has 2 aromatic rings. The van der Waals surface area contributed by atoms with Crippen molar-refractivity contribution in [2.75, 3.05) is 13.7 Å². The van der Waals surface area contributed by atoms with Gasteiger partial charge in [0.25, 0.3) is 5.69 Å². The molecule has 7 nitrogen and oxygen atoms in total. The minimum absolute atomic E-state index is 0.0712. The standard InChI is InChI=1S/C14H16N4O3/c1-21-9-6-11(15-7-9)14-16-8-12(17-14)10-4-2-3-5-13(10)18(19)20/h2-5,8-9,11,15H,6-7H2,1H3,(H,16,17). The lowest BCUT2D eigenvalue weighted by Crippen LogP contribution is -2.16. The second-order valence-electron chi connectivity index (χ2n) is 5.01. The molecule has 2 unspecified atom stereocenters. The van der Waals surface area contributed by atoms with Crippen LogP contribution in [0.25, 0.3) is 11.3 Å². The molecule has 1 aliphatic heterocycles. The number of nitrogens with zero attached hydrogens (tertiary/aromatic N) is 2. The monoisotopic (exact) mass is 288 g/mol. The Hall–Kier alpha value is -2.25. The Bertz CT molecular complexity index is 655. The van der Waals surface area contributed by atoms with Crippen LogP contribution in [0.2, 0.25) is 0 Å². The predicted octanol–water partition coefficient (Wildman–Crippen LogP) is 2.03. The zero-order valence-electron chi connectivity index (χ0n) is 11.6. The molecule has 0 saturated carbocycles. The van der Waals surface area contributed by atoms with Crippen LogP contribution in [0.15, 0.2) is 30.5 Å². The Morgan fingerprint density at radius 1 is 1.43 bits per heavy atom. The first-order valence-electron chi connectivity index (χ1n) is 6.74. The van der Waals surface area contributed by atoms with Gasteiger partial charge < -0.3 is 15.0 Å². The highest BCUT2D eigenvalue weighted by Crippen LogP contribution is 2.30. The van der Waals surface area contributed by atoms with Crippen molar-refractivity contribution >= 4 is 5.69 Å². The molecule has 0 bridgehead atoms. The predicted molar refractivity (Wildman–Crippen MR) is 76.8 cm³/mol. The van der Waals surface area contributed by atoms with E-state index in [9.17, 15) is 10.1 Å². The number of nitro benzene ring substituents is 1. The number of aromatic nitrogens is 2. The van der Waals surface area contributed by atoms with Gasteiger partial charge in [0.15, 0.2) is 0 Å². The van der Waals surface area contributed by atoms with Crippen molar-refractivity contribution in [3.8, 4) is 11.3 Å². The van der Waals surface area contributed by atoms with Gasteiger partial charge in [-0.3, -0.25) is 10.1 Å². The zero-order chi connectivity index (χ0) is 14.8. The van der Waals surface area contributed by atoms with E-state index in [-0.39, 0.29) is 22.8 Å². The molecule has 1 aromatic carbocycles. The molecule has 0 spiro atoms. The summed E-state index contributed by atoms with van der Waals surface area (Å²) in [6.07, 6.45) is 2.65. The summed E-state index contributed by atoms with van der Waals surface area (Å²) in [4.78, 5) is 18.2. The lowest BCUT2D eigenvalue weighted by molar-refractivity contribution is -0.384. The summed E-state index contributed by atoms with van der Waals surface area (Å²) in [6, 6.07) is 6.73. The Morgan fingerprint density at radius 3 is 2.95 bits per heavy atom. The van der Waals surface area contributed by atoms with Crippen molar-refractivity contribution in [2.24, 2.45) is 0 Å². The minimum atomic E-state index is -0.384. The van der Waals surface area contributed by atoms with Gasteiger partial charge in [-0.15, -0.1) is 0 Å². The van der Waals surface area contributed by atoms with Crippen LogP contribution >= 0.6 is 0 Å². The average Bonchev–Trinajstić information content (AvgIpc) is 3.16. The van der Waals surface area contributed by atoms with E-state index in [1.165, 1.54) is 6.07 Å². The van der Waals surface area contributed by atoms with Crippen molar-refractivity contribution in [2.45, 2.75) is 18.6 Å². The largest absolute Gasteiger partial charge is 0.380 e. The van der Waals surface area contributed by atoms with Gasteiger partial charge in [0.1, 0.15) is 5.82 Å². The lowest BCUT2D eigenvalue weighted by Gasteiger charge is -2.06. The molecular weight excluding hydrogens is 272 g/mol. The van der Waals surface area contributed by atoms with Crippen molar-refractivity contribution in [1.82, 2.24) is 15.3 Å². The Balaban J connectivity index is 1.87. The lowest BCUT2D eigenvalue weighted by atomic mass is 10.1. The van der Waals surface area contributed by atoms with Gasteiger partial charge in [0, 0.05) is 19.7 Å². The van der Waals surface area contributed by atoms with E-state index >= 15 is 0 Å². The molecule has 7 heteroatoms. The highest BCUT2D eigenvalue weighted by molar-refractivity contribution is 5.70. The van der Waals surface area contributed by atoms with Gasteiger partial charge in [-0.05, 0) is 12.5 Å². The summed E-state index contributed by atoms with van der Waals surface area (Å²) < 4.78 is 5.31. The fourth-order valence-corrected chi connectivity index (χ4v) is 2.60. The van der Waals surface area contributed by atoms with Crippen LogP contribution < -0.4 is 5.32 Å². The highest BCUT2D eigenvalue weighted by Gasteiger charge is 2.27. The third-order valence-corrected chi connectivity index (χ3v) is 3.74. The van der Waals surface area contributed by atoms with Gasteiger partial charge in [-0.1, -0.05) is 12.1 Å². The molecule has 2 heterocycles. The molecule has 2 atom stereocenters. The number of para-hydroxylation sites is 1. The smallest absolute Gasteiger partial charge is 0.278 e. The number of aromatic amines is 1. The zero-order valence-corrected chi connectivity index (χ0v) is 11.6. The summed E-state index contributed by atoms with van der Waals surface area (Å²) in [5.74, 6) is 0.780. The Kier molecular flexibility index (Phi) is 3.68. The fourth-order valence-electron chi connectivity index (χ4n) is 2.60. The van der Waals surface area contributed by atoms with Crippen molar-refractivity contribution in [3.05, 3.63) is 46.4 Å². The van der Waals surface area contributed by atoms with Crippen LogP contribution in [0, 0.1) is 10.1 Å². The van der Waals surface area contributed by atoms with E-state index in [0.29, 0.717) is 11.3 Å². The summed E-state index contributed by atoms with van der Waals surface area (Å²) in [5.41, 5.74) is 1.27. The SMILES string of the molecule is COC1CNC(c2ncc(-c3ccccc3[N+](=O)[O-])[nH]2)C1. The summed E-state index contributed by atoms with van der Waals surface area (Å²) in [7, 11) is 1.69. The Labute approximate surface area is 121 Å². The van der Waals surface area contributed by atoms with Crippen LogP contribution in [0.4, 0.5) is 5.69 Å². The van der Waals surface area contributed by atoms with Gasteiger partial charge in [0.05, 0.1) is 34.5 Å². The molecule has 1 aliphatic rings. The number of methoxy groups -OCH3 is 1. The number of ether oxygens (including phenoxy) is 1. The van der Waals surface area contributed by atoms with Crippen molar-refractivity contribution < 1.29 is 9.66 Å². The van der Waals surface area contributed by atoms with Crippen LogP contribution in [0.1, 0.15) is 18.3 Å². The highest BCUT2D eigenvalue weighted by atomic mass is 16.6. The minimum Gasteiger partial charge on any atom is -0.380 e. The van der Waals surface area contributed by atoms with Crippen LogP contribution in [-0.4, -0.2) is 34.6 Å². The maximum absolute atomic E-state index is 11.1. The van der Waals surface area contributed by atoms with Crippen LogP contribution in [0.3, 0.4) is 0 Å². The number of benzene rings is 1. The molecule has 2 N–H and O–H groups in total. The number of nitrogens with one attached hydrogen (secondary N) is 2. The van der Waals surface area contributed by atoms with Gasteiger partial charge >= 0.3 is 0 Å². The number of hydrogen-bond donors (Lipinski definition) is 2. The molecule has 0 amide bonds. The fraction of sp³-hybridized carbons (Fsp3) is 0.357. The number of rotatable bonds is 4. The normalized spacial score (nSPS) is 21.6. The van der Waals surface area contributed by atoms with Crippen LogP contribution in [-0.2, 0) is 4.74 Å². The number of nitro groups is 1. The maximum Gasteiger partial charge on any atom is 0.278 e. The number of H-pyrrole nitrogens is 1. The molecule has 21 heavy (non-hydrogen) atoms. The Morgan fingerprint density at radius 2 is 2.24 bits per heavy atom. The van der Waals surface area contributed by atoms with E-state index in [2.05, 4.69) is 15.3 Å². The molecule has 3 rings (SSSR count). The summed E-state index contributed by atoms with van der Waals surface area (Å²) in [6.45, 7) is 0.780. The second-order valence-corrected chi connectivity index (χ2v) is 5.01. The quantitative estimate of drug-likeness (QED) is 0.663. The third kappa shape index (κ3) is 2.65. The molecule has 1 fully saturated rings. The van der Waals surface area contributed by atoms with E-state index in [4.69, 9.17) is 4.74 Å². The molecule has 0 radical (unpaired) electrons. The van der Waals surface area contributed by atoms with Gasteiger partial charge in [0.2, 0.25) is 0 Å². The van der Waals surface area contributed by atoms with Crippen molar-refractivity contribution in [1.29, 1.82) is 0 Å². The van der Waals surface area contributed by atoms with E-state index in [1.807, 2.05) is 0 Å². The second kappa shape index (κ2) is 5.63. The van der Waals surface area contributed by atoms with E-state index in [1.54, 1.807) is 31.5 Å². The summed E-state index contributed by atoms with van der Waals surface area (Å²) in [5, 5.41) is 14.4. The summed E-state index contributed by atoms with van der Waals surface area (Å²) >= 11 is 0. The maximum atomic E-state index is 11.1. The molecular formula is C14H16N4O3. The molecule has 0 aliphatic carbocycles. The average molecular weight is 288 g/mol. The number of imidazole rings is 1. The topological polar surface area (TPSA) is 93.1 Å². The first-order valence-corrected chi connectivity index (χ1v) is 6.74. The van der Waals surface area contributed by atoms with Gasteiger partial charge in [-0.2, -0.15) is 0 Å². The number of hydrogen-bond acceptors (Lipinski definition) is 5. The molecule has 1 aromatic heterocycles. The van der Waals surface area contributed by atoms with Gasteiger partial charge in [-0.25, -0.2) is 4.98 Å². The molecule has 1 saturated heterocycles. The van der Waals surface area contributed by atoms with Crippen LogP contribution in [0.5, 0.6) is 0 Å². The van der Waals surface area contributed by atoms with E-state index in [0.717, 1.165) is 18.8 Å².